The molecule has 0 aromatic heterocycles. The topological polar surface area (TPSA) is 76.7 Å². The van der Waals surface area contributed by atoms with E-state index in [1.165, 1.54) is 0 Å². The summed E-state index contributed by atoms with van der Waals surface area (Å²) in [7, 11) is 0. The molecule has 0 heterocycles. The molecule has 0 aromatic carbocycles. The number of hydrogen-bond donors (Lipinski definition) is 2. The summed E-state index contributed by atoms with van der Waals surface area (Å²) in [6.07, 6.45) is 0. The first-order chi connectivity index (χ1) is 7.35. The zero-order valence-electron chi connectivity index (χ0n) is 10.3. The van der Waals surface area contributed by atoms with E-state index in [9.17, 15) is 9.59 Å². The first kappa shape index (κ1) is 14.9. The Morgan fingerprint density at radius 2 is 1.56 bits per heavy atom. The predicted octanol–water partition coefficient (Wildman–Crippen LogP) is -0.0146. The maximum absolute atomic E-state index is 11.2. The van der Waals surface area contributed by atoms with Gasteiger partial charge in [0.2, 0.25) is 0 Å². The molecule has 0 bridgehead atoms. The van der Waals surface area contributed by atoms with Crippen molar-refractivity contribution >= 4 is 11.9 Å². The monoisotopic (exact) mass is 232 g/mol. The highest BCUT2D eigenvalue weighted by Crippen LogP contribution is 2.05. The molecule has 0 fully saturated rings. The van der Waals surface area contributed by atoms with E-state index in [-0.39, 0.29) is 25.0 Å². The van der Waals surface area contributed by atoms with E-state index in [1.807, 2.05) is 0 Å². The van der Waals surface area contributed by atoms with Crippen LogP contribution in [0.5, 0.6) is 0 Å². The van der Waals surface area contributed by atoms with E-state index in [0.717, 1.165) is 0 Å². The summed E-state index contributed by atoms with van der Waals surface area (Å²) < 4.78 is 9.71. The summed E-state index contributed by atoms with van der Waals surface area (Å²) in [5, 5.41) is 0. The lowest BCUT2D eigenvalue weighted by Gasteiger charge is -2.19. The smallest absolute Gasteiger partial charge is 0.321 e. The minimum atomic E-state index is -0.500. The Kier molecular flexibility index (Phi) is 6.67. The Morgan fingerprint density at radius 1 is 1.06 bits per heavy atom. The average Bonchev–Trinajstić information content (AvgIpc) is 2.10. The fraction of sp³-hybridized carbons (Fsp3) is 0.800. The van der Waals surface area contributed by atoms with Crippen LogP contribution in [0.3, 0.4) is 0 Å². The van der Waals surface area contributed by atoms with E-state index < -0.39 is 5.60 Å². The molecule has 0 saturated heterocycles. The van der Waals surface area contributed by atoms with Gasteiger partial charge < -0.3 is 9.47 Å². The fourth-order valence-electron chi connectivity index (χ4n) is 0.859. The zero-order chi connectivity index (χ0) is 12.6. The van der Waals surface area contributed by atoms with Crippen LogP contribution in [0.15, 0.2) is 0 Å². The summed E-state index contributed by atoms with van der Waals surface area (Å²) in [6, 6.07) is 0. The van der Waals surface area contributed by atoms with Crippen LogP contribution >= 0.6 is 0 Å². The Morgan fingerprint density at radius 3 is 2.00 bits per heavy atom. The SMILES string of the molecule is CCOC(=O)CNNCC(=O)OC(C)(C)C. The zero-order valence-corrected chi connectivity index (χ0v) is 10.3. The van der Waals surface area contributed by atoms with Gasteiger partial charge in [0.25, 0.3) is 0 Å². The molecule has 6 heteroatoms. The molecule has 0 spiro atoms. The van der Waals surface area contributed by atoms with Crippen molar-refractivity contribution < 1.29 is 19.1 Å². The highest BCUT2D eigenvalue weighted by atomic mass is 16.6. The lowest BCUT2D eigenvalue weighted by molar-refractivity contribution is -0.154. The number of carbonyl (C=O) groups excluding carboxylic acids is 2. The van der Waals surface area contributed by atoms with Crippen LogP contribution < -0.4 is 10.9 Å². The van der Waals surface area contributed by atoms with Crippen LogP contribution in [0.1, 0.15) is 27.7 Å². The van der Waals surface area contributed by atoms with Crippen molar-refractivity contribution in [3.8, 4) is 0 Å². The molecule has 0 aromatic rings. The normalized spacial score (nSPS) is 11.0. The summed E-state index contributed by atoms with van der Waals surface area (Å²) in [5.41, 5.74) is 4.63. The van der Waals surface area contributed by atoms with Crippen molar-refractivity contribution in [2.75, 3.05) is 19.7 Å². The van der Waals surface area contributed by atoms with Crippen LogP contribution in [0.2, 0.25) is 0 Å². The maximum Gasteiger partial charge on any atom is 0.321 e. The second-order valence-electron chi connectivity index (χ2n) is 4.10. The van der Waals surface area contributed by atoms with E-state index in [0.29, 0.717) is 6.61 Å². The molecule has 0 saturated carbocycles. The average molecular weight is 232 g/mol. The number of ether oxygens (including phenoxy) is 2. The predicted molar refractivity (Wildman–Crippen MR) is 58.5 cm³/mol. The minimum Gasteiger partial charge on any atom is -0.465 e. The molecule has 0 aliphatic heterocycles. The van der Waals surface area contributed by atoms with Crippen molar-refractivity contribution in [1.82, 2.24) is 10.9 Å². The highest BCUT2D eigenvalue weighted by molar-refractivity contribution is 5.73. The second-order valence-corrected chi connectivity index (χ2v) is 4.10. The third-order valence-corrected chi connectivity index (χ3v) is 1.32. The second kappa shape index (κ2) is 7.19. The van der Waals surface area contributed by atoms with Crippen LogP contribution in [0, 0.1) is 0 Å². The van der Waals surface area contributed by atoms with E-state index in [1.54, 1.807) is 27.7 Å². The van der Waals surface area contributed by atoms with Crippen LogP contribution in [-0.4, -0.2) is 37.2 Å². The minimum absolute atomic E-state index is 0.00330. The first-order valence-corrected chi connectivity index (χ1v) is 5.18. The van der Waals surface area contributed by atoms with Crippen LogP contribution in [0.4, 0.5) is 0 Å². The van der Waals surface area contributed by atoms with Gasteiger partial charge in [0.05, 0.1) is 6.61 Å². The van der Waals surface area contributed by atoms with Gasteiger partial charge in [-0.1, -0.05) is 0 Å². The molecule has 0 rings (SSSR count). The van der Waals surface area contributed by atoms with Crippen molar-refractivity contribution in [3.63, 3.8) is 0 Å². The maximum atomic E-state index is 11.2. The van der Waals surface area contributed by atoms with E-state index in [2.05, 4.69) is 15.6 Å². The largest absolute Gasteiger partial charge is 0.465 e. The molecule has 6 nitrogen and oxygen atoms in total. The number of carbonyl (C=O) groups is 2. The van der Waals surface area contributed by atoms with Gasteiger partial charge in [-0.05, 0) is 27.7 Å². The van der Waals surface area contributed by atoms with Crippen molar-refractivity contribution in [3.05, 3.63) is 0 Å². The van der Waals surface area contributed by atoms with Gasteiger partial charge in [0.15, 0.2) is 0 Å². The van der Waals surface area contributed by atoms with E-state index in [4.69, 9.17) is 4.74 Å². The molecule has 94 valence electrons. The molecule has 0 radical (unpaired) electrons. The molecular formula is C10H20N2O4. The Bertz CT molecular complexity index is 235. The lowest BCUT2D eigenvalue weighted by atomic mass is 10.2. The van der Waals surface area contributed by atoms with Gasteiger partial charge in [-0.15, -0.1) is 0 Å². The van der Waals surface area contributed by atoms with Gasteiger partial charge >= 0.3 is 11.9 Å². The summed E-state index contributed by atoms with van der Waals surface area (Å²) in [5.74, 6) is -0.761. The van der Waals surface area contributed by atoms with Crippen molar-refractivity contribution in [2.45, 2.75) is 33.3 Å². The third-order valence-electron chi connectivity index (χ3n) is 1.32. The van der Waals surface area contributed by atoms with Crippen molar-refractivity contribution in [2.24, 2.45) is 0 Å². The highest BCUT2D eigenvalue weighted by Gasteiger charge is 2.15. The number of rotatable bonds is 6. The molecule has 0 atom stereocenters. The Hall–Kier alpha value is -1.14. The van der Waals surface area contributed by atoms with Crippen LogP contribution in [0.25, 0.3) is 0 Å². The number of esters is 2. The number of hydrazine groups is 1. The molecule has 16 heavy (non-hydrogen) atoms. The summed E-state index contributed by atoms with van der Waals surface area (Å²) in [6.45, 7) is 7.44. The van der Waals surface area contributed by atoms with Gasteiger partial charge in [-0.3, -0.25) is 9.59 Å². The summed E-state index contributed by atoms with van der Waals surface area (Å²) in [4.78, 5) is 22.1. The number of nitrogens with one attached hydrogen (secondary N) is 2. The van der Waals surface area contributed by atoms with Gasteiger partial charge in [-0.25, -0.2) is 10.9 Å². The molecular weight excluding hydrogens is 212 g/mol. The molecule has 0 aliphatic carbocycles. The van der Waals surface area contributed by atoms with Gasteiger partial charge in [0.1, 0.15) is 18.7 Å². The van der Waals surface area contributed by atoms with Gasteiger partial charge in [-0.2, -0.15) is 0 Å². The first-order valence-electron chi connectivity index (χ1n) is 5.18. The quantitative estimate of drug-likeness (QED) is 0.381. The third kappa shape index (κ3) is 9.42. The molecule has 2 N–H and O–H groups in total. The molecule has 0 aliphatic rings. The molecule has 0 unspecified atom stereocenters. The number of hydrogen-bond acceptors (Lipinski definition) is 6. The van der Waals surface area contributed by atoms with Gasteiger partial charge in [0, 0.05) is 0 Å². The Balaban J connectivity index is 3.52. The fourth-order valence-corrected chi connectivity index (χ4v) is 0.859. The standard InChI is InChI=1S/C10H20N2O4/c1-5-15-8(13)6-11-12-7-9(14)16-10(2,3)4/h11-12H,5-7H2,1-4H3. The summed E-state index contributed by atoms with van der Waals surface area (Å²) >= 11 is 0. The van der Waals surface area contributed by atoms with E-state index >= 15 is 0 Å². The Labute approximate surface area is 95.6 Å². The molecule has 0 amide bonds. The van der Waals surface area contributed by atoms with Crippen molar-refractivity contribution in [1.29, 1.82) is 0 Å². The van der Waals surface area contributed by atoms with Crippen LogP contribution in [-0.2, 0) is 19.1 Å². The lowest BCUT2D eigenvalue weighted by Crippen LogP contribution is -2.41.